The van der Waals surface area contributed by atoms with E-state index in [2.05, 4.69) is 57.3 Å². The van der Waals surface area contributed by atoms with Gasteiger partial charge in [0.05, 0.1) is 0 Å². The molecule has 0 nitrogen and oxygen atoms in total. The molecule has 0 unspecified atom stereocenters. The number of alkyl halides is 1. The third-order valence-electron chi connectivity index (χ3n) is 5.77. The van der Waals surface area contributed by atoms with Crippen LogP contribution in [0.15, 0.2) is 24.3 Å². The van der Waals surface area contributed by atoms with Gasteiger partial charge in [0.2, 0.25) is 0 Å². The van der Waals surface area contributed by atoms with Crippen LogP contribution >= 0.6 is 19.5 Å². The van der Waals surface area contributed by atoms with E-state index in [-0.39, 0.29) is 7.92 Å². The van der Waals surface area contributed by atoms with E-state index in [0.29, 0.717) is 10.3 Å². The van der Waals surface area contributed by atoms with Gasteiger partial charge < -0.3 is 0 Å². The molecule has 2 fully saturated rings. The SMILES string of the molecule is CC(C)c1cccc(P(C2CCCCC2)C2CCCCC2)c1.Cl[CH2][Pd]. The van der Waals surface area contributed by atoms with E-state index in [1.807, 2.05) is 0 Å². The molecule has 25 heavy (non-hydrogen) atoms. The van der Waals surface area contributed by atoms with E-state index < -0.39 is 0 Å². The minimum absolute atomic E-state index is 0.0669. The van der Waals surface area contributed by atoms with Crippen molar-refractivity contribution in [1.82, 2.24) is 0 Å². The zero-order chi connectivity index (χ0) is 18.1. The van der Waals surface area contributed by atoms with E-state index in [4.69, 9.17) is 11.6 Å². The Bertz CT molecular complexity index is 461. The first-order valence-corrected chi connectivity index (χ1v) is 13.2. The summed E-state index contributed by atoms with van der Waals surface area (Å²) in [5, 5.41) is 1.74. The molecule has 0 saturated heterocycles. The zero-order valence-electron chi connectivity index (χ0n) is 16.0. The van der Waals surface area contributed by atoms with Crippen molar-refractivity contribution >= 4 is 24.8 Å². The molecule has 0 atom stereocenters. The summed E-state index contributed by atoms with van der Waals surface area (Å²) in [6.07, 6.45) is 14.9. The standard InChI is InChI=1S/C21H33P.CH2Cl.Pd/c1-17(2)18-10-9-15-21(16-18)22(19-11-5-3-6-12-19)20-13-7-4-8-14-20;1-2;/h9-10,15-17,19-20H,3-8,11-14H2,1-2H3;1H2;. The van der Waals surface area contributed by atoms with Crippen LogP contribution in [-0.4, -0.2) is 15.7 Å². The van der Waals surface area contributed by atoms with Crippen molar-refractivity contribution in [3.8, 4) is 0 Å². The Morgan fingerprint density at radius 2 is 1.44 bits per heavy atom. The Morgan fingerprint density at radius 1 is 0.960 bits per heavy atom. The summed E-state index contributed by atoms with van der Waals surface area (Å²) in [4.78, 5) is 0. The molecule has 0 spiro atoms. The second kappa shape index (κ2) is 12.1. The van der Waals surface area contributed by atoms with Crippen LogP contribution in [0.3, 0.4) is 0 Å². The van der Waals surface area contributed by atoms with Crippen molar-refractivity contribution in [2.24, 2.45) is 0 Å². The fraction of sp³-hybridized carbons (Fsp3) is 0.727. The molecule has 0 aromatic heterocycles. The van der Waals surface area contributed by atoms with Gasteiger partial charge in [0.15, 0.2) is 0 Å². The van der Waals surface area contributed by atoms with Crippen molar-refractivity contribution in [2.75, 3.05) is 4.35 Å². The second-order valence-electron chi connectivity index (χ2n) is 7.83. The topological polar surface area (TPSA) is 0 Å². The maximum atomic E-state index is 4.93. The molecular formula is C22H35ClPPd. The Labute approximate surface area is 173 Å². The van der Waals surface area contributed by atoms with E-state index in [0.717, 1.165) is 11.3 Å². The second-order valence-corrected chi connectivity index (χ2v) is 12.0. The summed E-state index contributed by atoms with van der Waals surface area (Å²) in [6.45, 7) is 4.67. The Balaban J connectivity index is 0.000000701. The maximum absolute atomic E-state index is 4.93. The fourth-order valence-corrected chi connectivity index (χ4v) is 8.32. The molecule has 1 aromatic rings. The molecule has 3 heteroatoms. The van der Waals surface area contributed by atoms with Gasteiger partial charge >= 0.3 is 35.2 Å². The van der Waals surface area contributed by atoms with Crippen LogP contribution in [0.1, 0.15) is 89.5 Å². The Kier molecular flexibility index (Phi) is 10.6. The van der Waals surface area contributed by atoms with E-state index in [1.54, 1.807) is 10.9 Å². The summed E-state index contributed by atoms with van der Waals surface area (Å²) >= 11 is 7.64. The number of rotatable bonds is 4. The normalized spacial score (nSPS) is 19.8. The number of benzene rings is 1. The average Bonchev–Trinajstić information content (AvgIpc) is 2.65. The molecule has 0 amide bonds. The van der Waals surface area contributed by atoms with Crippen molar-refractivity contribution in [1.29, 1.82) is 0 Å². The number of hydrogen-bond donors (Lipinski definition) is 0. The molecule has 0 bridgehead atoms. The van der Waals surface area contributed by atoms with Gasteiger partial charge in [0, 0.05) is 0 Å². The summed E-state index contributed by atoms with van der Waals surface area (Å²) < 4.78 is 0.572. The van der Waals surface area contributed by atoms with Gasteiger partial charge in [-0.2, -0.15) is 0 Å². The summed E-state index contributed by atoms with van der Waals surface area (Å²) in [5.74, 6) is 0.662. The number of hydrogen-bond acceptors (Lipinski definition) is 0. The van der Waals surface area contributed by atoms with Gasteiger partial charge in [-0.25, -0.2) is 0 Å². The van der Waals surface area contributed by atoms with E-state index in [1.165, 1.54) is 64.2 Å². The molecule has 2 saturated carbocycles. The van der Waals surface area contributed by atoms with E-state index >= 15 is 0 Å². The molecule has 2 aliphatic rings. The first kappa shape index (κ1) is 21.9. The first-order chi connectivity index (χ1) is 12.2. The molecule has 145 valence electrons. The van der Waals surface area contributed by atoms with Gasteiger partial charge in [-0.3, -0.25) is 0 Å². The van der Waals surface area contributed by atoms with E-state index in [9.17, 15) is 0 Å². The van der Waals surface area contributed by atoms with Crippen LogP contribution in [0.25, 0.3) is 0 Å². The van der Waals surface area contributed by atoms with Crippen LogP contribution < -0.4 is 5.30 Å². The van der Waals surface area contributed by atoms with Gasteiger partial charge in [0.1, 0.15) is 0 Å². The molecule has 3 rings (SSSR count). The van der Waals surface area contributed by atoms with Crippen LogP contribution in [0.2, 0.25) is 0 Å². The predicted molar refractivity (Wildman–Crippen MR) is 112 cm³/mol. The summed E-state index contributed by atoms with van der Waals surface area (Å²) in [7, 11) is 0.0669. The third-order valence-corrected chi connectivity index (χ3v) is 9.25. The third kappa shape index (κ3) is 6.92. The van der Waals surface area contributed by atoms with Gasteiger partial charge in [0.25, 0.3) is 0 Å². The van der Waals surface area contributed by atoms with Crippen LogP contribution in [0, 0.1) is 0 Å². The monoisotopic (exact) mass is 471 g/mol. The quantitative estimate of drug-likeness (QED) is 0.245. The van der Waals surface area contributed by atoms with Gasteiger partial charge in [-0.05, 0) is 53.8 Å². The van der Waals surface area contributed by atoms with Crippen molar-refractivity contribution in [2.45, 2.75) is 95.3 Å². The molecule has 2 aliphatic carbocycles. The van der Waals surface area contributed by atoms with Crippen LogP contribution in [-0.2, 0) is 19.2 Å². The molecule has 0 N–H and O–H groups in total. The minimum atomic E-state index is 0.0669. The first-order valence-electron chi connectivity index (χ1n) is 10.1. The van der Waals surface area contributed by atoms with Crippen LogP contribution in [0.5, 0.6) is 0 Å². The molecule has 0 radical (unpaired) electrons. The fourth-order valence-electron chi connectivity index (χ4n) is 4.48. The molecular weight excluding hydrogens is 437 g/mol. The van der Waals surface area contributed by atoms with Crippen LogP contribution in [0.4, 0.5) is 0 Å². The summed E-state index contributed by atoms with van der Waals surface area (Å²) in [6, 6.07) is 9.73. The van der Waals surface area contributed by atoms with Gasteiger partial charge in [-0.1, -0.05) is 84.6 Å². The number of halogens is 1. The predicted octanol–water partition coefficient (Wildman–Crippen LogP) is 7.31. The molecule has 1 aromatic carbocycles. The zero-order valence-corrected chi connectivity index (χ0v) is 19.2. The Hall–Kier alpha value is 0.602. The molecule has 0 heterocycles. The summed E-state index contributed by atoms with van der Waals surface area (Å²) in [5.41, 5.74) is 3.60. The van der Waals surface area contributed by atoms with Gasteiger partial charge in [-0.15, -0.1) is 0 Å². The van der Waals surface area contributed by atoms with Crippen molar-refractivity contribution < 1.29 is 19.2 Å². The Morgan fingerprint density at radius 3 is 1.88 bits per heavy atom. The molecule has 0 aliphatic heterocycles. The van der Waals surface area contributed by atoms with Crippen molar-refractivity contribution in [3.05, 3.63) is 29.8 Å². The van der Waals surface area contributed by atoms with Crippen molar-refractivity contribution in [3.63, 3.8) is 0 Å². The average molecular weight is 472 g/mol.